The minimum atomic E-state index is -3.10. The quantitative estimate of drug-likeness (QED) is 0.0835. The number of hydrogen-bond acceptors (Lipinski definition) is 12. The molecule has 3 saturated heterocycles. The number of carbonyl (C=O) groups is 3. The number of hydrogen-bond donors (Lipinski definition) is 2. The van der Waals surface area contributed by atoms with E-state index in [9.17, 15) is 19.5 Å². The third kappa shape index (κ3) is 9.25. The van der Waals surface area contributed by atoms with Crippen LogP contribution in [-0.2, 0) is 33.3 Å². The molecular weight excluding hydrogens is 655 g/mol. The molecule has 3 heterocycles. The lowest BCUT2D eigenvalue weighted by Gasteiger charge is -2.45. The molecule has 0 aromatic rings. The van der Waals surface area contributed by atoms with E-state index in [-0.39, 0.29) is 37.6 Å². The number of esters is 1. The van der Waals surface area contributed by atoms with Crippen LogP contribution in [0.3, 0.4) is 0 Å². The number of aliphatic hydroxyl groups is 1. The molecule has 3 fully saturated rings. The summed E-state index contributed by atoms with van der Waals surface area (Å²) in [6.45, 7) is 12.8. The van der Waals surface area contributed by atoms with Gasteiger partial charge in [-0.3, -0.25) is 9.69 Å². The van der Waals surface area contributed by atoms with Crippen molar-refractivity contribution in [3.63, 3.8) is 0 Å². The van der Waals surface area contributed by atoms with Gasteiger partial charge in [0.25, 0.3) is 5.67 Å². The Morgan fingerprint density at radius 2 is 1.86 bits per heavy atom. The molecule has 0 radical (unpaired) electrons. The smallest absolute Gasteiger partial charge is 0.410 e. The van der Waals surface area contributed by atoms with Gasteiger partial charge in [0.1, 0.15) is 12.2 Å². The number of amides is 1. The number of Topliss-reactive ketones (excluding diaryl/α,β-unsaturated/α-hetero) is 1. The van der Waals surface area contributed by atoms with Crippen LogP contribution >= 0.6 is 0 Å². The van der Waals surface area contributed by atoms with E-state index >= 15 is 4.39 Å². The summed E-state index contributed by atoms with van der Waals surface area (Å²) in [4.78, 5) is 47.1. The first-order valence-corrected chi connectivity index (χ1v) is 17.7. The van der Waals surface area contributed by atoms with Crippen molar-refractivity contribution >= 4 is 17.8 Å². The second-order valence-electron chi connectivity index (χ2n) is 15.0. The summed E-state index contributed by atoms with van der Waals surface area (Å²) in [5.41, 5.74) is 2.94. The molecule has 0 spiro atoms. The number of ether oxygens (including phenoxy) is 5. The van der Waals surface area contributed by atoms with E-state index < -0.39 is 77.8 Å². The molecule has 50 heavy (non-hydrogen) atoms. The van der Waals surface area contributed by atoms with Crippen LogP contribution in [0.5, 0.6) is 0 Å². The average molecular weight is 715 g/mol. The zero-order valence-corrected chi connectivity index (χ0v) is 31.4. The number of carbonyl (C=O) groups excluding carboxylic acids is 3. The fraction of sp³-hybridized carbons (Fsp3) is 0.912. The van der Waals surface area contributed by atoms with E-state index in [0.717, 1.165) is 6.92 Å². The second kappa shape index (κ2) is 17.3. The fourth-order valence-corrected chi connectivity index (χ4v) is 7.65. The van der Waals surface area contributed by atoms with E-state index in [0.29, 0.717) is 32.2 Å². The highest BCUT2D eigenvalue weighted by molar-refractivity contribution is 6.07. The second-order valence-corrected chi connectivity index (χ2v) is 15.0. The van der Waals surface area contributed by atoms with Gasteiger partial charge in [0.15, 0.2) is 17.7 Å². The molecule has 0 aromatic carbocycles. The van der Waals surface area contributed by atoms with Gasteiger partial charge in [-0.1, -0.05) is 19.0 Å². The highest BCUT2D eigenvalue weighted by Gasteiger charge is 2.59. The van der Waals surface area contributed by atoms with Gasteiger partial charge >= 0.3 is 12.1 Å². The highest BCUT2D eigenvalue weighted by Crippen LogP contribution is 2.40. The number of likely N-dealkylation sites (N-methyl/N-ethyl adjacent to an activating group) is 1. The summed E-state index contributed by atoms with van der Waals surface area (Å²) >= 11 is 0. The Morgan fingerprint density at radius 3 is 2.46 bits per heavy atom. The molecular formula is C34H59FN6O9. The Kier molecular flexibility index (Phi) is 14.5. The number of ketones is 1. The summed E-state index contributed by atoms with van der Waals surface area (Å²) in [6.07, 6.45) is -3.79. The van der Waals surface area contributed by atoms with Gasteiger partial charge in [-0.2, -0.15) is 0 Å². The molecule has 0 bridgehead atoms. The minimum absolute atomic E-state index is 0.0995. The average Bonchev–Trinajstić information content (AvgIpc) is 3.31. The molecule has 3 unspecified atom stereocenters. The van der Waals surface area contributed by atoms with Crippen LogP contribution in [0.25, 0.3) is 10.4 Å². The number of azide groups is 1. The van der Waals surface area contributed by atoms with Crippen molar-refractivity contribution in [3.8, 4) is 0 Å². The van der Waals surface area contributed by atoms with Crippen LogP contribution < -0.4 is 5.32 Å². The number of rotatable bonds is 10. The number of nitrogens with zero attached hydrogens (tertiary/aromatic N) is 5. The normalized spacial score (nSPS) is 40.7. The SMILES string of the molecule is CC[C@H]1OC(=O)[C@](C)(F)C(=O)C[C@@H](O[C@@H]2OC(C)CC(N(C)C)C2O)[C@](C)(OC)C[C@@H](C)CN[C@H](C)[C@H]2N(CCCCN=[N+]=[N-])C(=O)O[C@]12C. The maximum Gasteiger partial charge on any atom is 0.410 e. The van der Waals surface area contributed by atoms with Crippen LogP contribution in [0, 0.1) is 5.92 Å². The van der Waals surface area contributed by atoms with E-state index in [1.54, 1.807) is 25.7 Å². The van der Waals surface area contributed by atoms with Crippen molar-refractivity contribution in [1.29, 1.82) is 0 Å². The number of alkyl halides is 1. The third-order valence-electron chi connectivity index (χ3n) is 10.7. The predicted octanol–water partition coefficient (Wildman–Crippen LogP) is 3.90. The third-order valence-corrected chi connectivity index (χ3v) is 10.7. The topological polar surface area (TPSA) is 185 Å². The fourth-order valence-electron chi connectivity index (χ4n) is 7.65. The highest BCUT2D eigenvalue weighted by atomic mass is 19.1. The van der Waals surface area contributed by atoms with Gasteiger partial charge < -0.3 is 39.0 Å². The lowest BCUT2D eigenvalue weighted by atomic mass is 9.83. The summed E-state index contributed by atoms with van der Waals surface area (Å²) in [6, 6.07) is -1.33. The van der Waals surface area contributed by atoms with Crippen molar-refractivity contribution in [2.75, 3.05) is 40.8 Å². The Labute approximate surface area is 295 Å². The summed E-state index contributed by atoms with van der Waals surface area (Å²) in [7, 11) is 5.16. The molecule has 3 aliphatic heterocycles. The summed E-state index contributed by atoms with van der Waals surface area (Å²) in [5.74, 6) is -2.60. The number of nitrogens with one attached hydrogen (secondary N) is 1. The summed E-state index contributed by atoms with van der Waals surface area (Å²) < 4.78 is 46.7. The first-order valence-electron chi connectivity index (χ1n) is 17.7. The molecule has 0 aliphatic carbocycles. The number of fused-ring (bicyclic) bond motifs is 1. The van der Waals surface area contributed by atoms with Gasteiger partial charge in [-0.15, -0.1) is 0 Å². The van der Waals surface area contributed by atoms with E-state index in [1.807, 2.05) is 39.8 Å². The van der Waals surface area contributed by atoms with E-state index in [4.69, 9.17) is 29.2 Å². The Morgan fingerprint density at radius 1 is 1.18 bits per heavy atom. The number of methoxy groups -OCH3 is 1. The Balaban J connectivity index is 2.02. The largest absolute Gasteiger partial charge is 0.455 e. The maximum atomic E-state index is 16.5. The molecule has 0 saturated carbocycles. The van der Waals surface area contributed by atoms with Crippen LogP contribution in [0.2, 0.25) is 0 Å². The molecule has 0 aromatic heterocycles. The monoisotopic (exact) mass is 714 g/mol. The van der Waals surface area contributed by atoms with Crippen molar-refractivity contribution in [2.24, 2.45) is 11.0 Å². The molecule has 3 rings (SSSR count). The number of cyclic esters (lactones) is 1. The number of halogens is 1. The molecule has 286 valence electrons. The lowest BCUT2D eigenvalue weighted by molar-refractivity contribution is -0.289. The Hall–Kier alpha value is -2.59. The van der Waals surface area contributed by atoms with Crippen LogP contribution in [0.1, 0.15) is 87.0 Å². The summed E-state index contributed by atoms with van der Waals surface area (Å²) in [5, 5.41) is 18.4. The minimum Gasteiger partial charge on any atom is -0.455 e. The molecule has 2 N–H and O–H groups in total. The van der Waals surface area contributed by atoms with Crippen molar-refractivity contribution < 1.29 is 47.6 Å². The molecule has 3 aliphatic rings. The molecule has 12 atom stereocenters. The Bertz CT molecular complexity index is 1240. The molecule has 16 heteroatoms. The first-order chi connectivity index (χ1) is 23.4. The van der Waals surface area contributed by atoms with Crippen molar-refractivity contribution in [1.82, 2.24) is 15.1 Å². The van der Waals surface area contributed by atoms with Crippen LogP contribution in [-0.4, -0.2) is 139 Å². The number of unbranched alkanes of at least 4 members (excludes halogenated alkanes) is 1. The number of aliphatic hydroxyl groups excluding tert-OH is 1. The lowest BCUT2D eigenvalue weighted by Crippen LogP contribution is -2.61. The van der Waals surface area contributed by atoms with Gasteiger partial charge in [-0.25, -0.2) is 14.0 Å². The standard InChI is InChI=1S/C34H59FN6O9/c1-11-25-34(7)28(41(31(45)50-34)15-13-12-14-38-39-36)22(4)37-19-20(2)18-32(5,46-10)26(17-24(42)33(6,35)30(44)49-25)48-29-27(43)23(40(8)9)16-21(3)47-29/h20-23,25-29,37,43H,11-19H2,1-10H3/t20-,21?,22-,23?,25-,26-,27?,28-,29+,32-,33-,34-/m1/s1. The molecule has 15 nitrogen and oxygen atoms in total. The first kappa shape index (κ1) is 41.8. The van der Waals surface area contributed by atoms with Crippen LogP contribution in [0.15, 0.2) is 5.11 Å². The van der Waals surface area contributed by atoms with Gasteiger partial charge in [0.2, 0.25) is 0 Å². The van der Waals surface area contributed by atoms with E-state index in [2.05, 4.69) is 15.3 Å². The zero-order valence-electron chi connectivity index (χ0n) is 31.4. The maximum absolute atomic E-state index is 16.5. The predicted molar refractivity (Wildman–Crippen MR) is 182 cm³/mol. The van der Waals surface area contributed by atoms with Crippen LogP contribution in [0.4, 0.5) is 9.18 Å². The van der Waals surface area contributed by atoms with Crippen molar-refractivity contribution in [3.05, 3.63) is 10.4 Å². The molecule has 1 amide bonds. The zero-order chi connectivity index (χ0) is 37.6. The van der Waals surface area contributed by atoms with E-state index in [1.165, 1.54) is 7.11 Å². The van der Waals surface area contributed by atoms with Gasteiger partial charge in [-0.05, 0) is 98.8 Å². The van der Waals surface area contributed by atoms with Gasteiger partial charge in [0.05, 0.1) is 23.9 Å². The van der Waals surface area contributed by atoms with Gasteiger partial charge in [0, 0.05) is 43.6 Å². The van der Waals surface area contributed by atoms with Crippen molar-refractivity contribution in [2.45, 2.75) is 153 Å².